The molecule has 1 heterocycles. The highest BCUT2D eigenvalue weighted by Crippen LogP contribution is 2.23. The molecule has 4 rings (SSSR count). The zero-order valence-corrected chi connectivity index (χ0v) is 25.2. The number of nitrogens with zero attached hydrogens (tertiary/aromatic N) is 1. The van der Waals surface area contributed by atoms with E-state index in [0.29, 0.717) is 12.1 Å². The molecular formula is C32H37N5O6S. The van der Waals surface area contributed by atoms with E-state index in [9.17, 15) is 27.9 Å². The summed E-state index contributed by atoms with van der Waals surface area (Å²) < 4.78 is 27.3. The fourth-order valence-corrected chi connectivity index (χ4v) is 5.89. The number of aliphatic hydroxyl groups excluding tert-OH is 1. The first-order chi connectivity index (χ1) is 21.1. The second kappa shape index (κ2) is 15.1. The molecule has 11 nitrogen and oxygen atoms in total. The molecule has 2 atom stereocenters. The van der Waals surface area contributed by atoms with E-state index in [2.05, 4.69) is 28.1 Å². The highest BCUT2D eigenvalue weighted by atomic mass is 32.2. The number of hydrogen-bond donors (Lipinski definition) is 5. The number of carbonyl (C=O) groups is 3. The first kappa shape index (κ1) is 32.1. The maximum absolute atomic E-state index is 13.4. The molecule has 0 bridgehead atoms. The standard InChI is InChI=1S/C32H37N5O6S/c1-23(38)34-29(20-25-13-6-3-7-14-25)32(41)35-28(31(40)33-19-9-8-12-24-10-4-2-5-11-24)21-26-15-17-27(18-16-26)37-22-30(39)36-44(37,42)43/h2-7,10-11,13-18,22,28-29,36,39H,8-9,12,19-21H2,1H3,(H,33,40)(H,34,38)(H,35,41)/t28-,29-/m0/s1. The molecule has 0 fully saturated rings. The zero-order valence-electron chi connectivity index (χ0n) is 24.4. The number of nitrogens with one attached hydrogen (secondary N) is 4. The van der Waals surface area contributed by atoms with Gasteiger partial charge in [0.05, 0.1) is 11.9 Å². The Morgan fingerprint density at radius 3 is 1.91 bits per heavy atom. The summed E-state index contributed by atoms with van der Waals surface area (Å²) in [5, 5.41) is 18.0. The van der Waals surface area contributed by atoms with Crippen molar-refractivity contribution < 1.29 is 27.9 Å². The second-order valence-corrected chi connectivity index (χ2v) is 12.1. The molecule has 0 aliphatic carbocycles. The van der Waals surface area contributed by atoms with E-state index >= 15 is 0 Å². The van der Waals surface area contributed by atoms with E-state index in [1.165, 1.54) is 12.5 Å². The van der Waals surface area contributed by atoms with Gasteiger partial charge in [0, 0.05) is 26.3 Å². The lowest BCUT2D eigenvalue weighted by Crippen LogP contribution is -2.55. The molecule has 0 unspecified atom stereocenters. The fraction of sp³-hybridized carbons (Fsp3) is 0.281. The third-order valence-corrected chi connectivity index (χ3v) is 8.31. The third kappa shape index (κ3) is 9.33. The average Bonchev–Trinajstić information content (AvgIpc) is 3.28. The molecule has 1 aliphatic rings. The Balaban J connectivity index is 1.45. The summed E-state index contributed by atoms with van der Waals surface area (Å²) in [7, 11) is -3.95. The molecule has 3 amide bonds. The van der Waals surface area contributed by atoms with Crippen molar-refractivity contribution >= 4 is 33.6 Å². The molecule has 0 saturated carbocycles. The van der Waals surface area contributed by atoms with Crippen molar-refractivity contribution in [2.24, 2.45) is 0 Å². The van der Waals surface area contributed by atoms with Crippen molar-refractivity contribution in [1.82, 2.24) is 20.7 Å². The zero-order chi connectivity index (χ0) is 31.5. The Labute approximate surface area is 257 Å². The highest BCUT2D eigenvalue weighted by molar-refractivity contribution is 7.91. The Bertz CT molecular complexity index is 1560. The van der Waals surface area contributed by atoms with Crippen LogP contribution in [0, 0.1) is 0 Å². The SMILES string of the molecule is CC(=O)N[C@@H](Cc1ccccc1)C(=O)N[C@@H](Cc1ccc(N2C=C(O)NS2(=O)=O)cc1)C(=O)NCCCCc1ccccc1. The fourth-order valence-electron chi connectivity index (χ4n) is 4.84. The average molecular weight is 620 g/mol. The summed E-state index contributed by atoms with van der Waals surface area (Å²) >= 11 is 0. The van der Waals surface area contributed by atoms with Crippen LogP contribution < -0.4 is 25.0 Å². The van der Waals surface area contributed by atoms with Crippen molar-refractivity contribution in [3.63, 3.8) is 0 Å². The van der Waals surface area contributed by atoms with E-state index in [0.717, 1.165) is 35.3 Å². The van der Waals surface area contributed by atoms with Crippen molar-refractivity contribution in [1.29, 1.82) is 0 Å². The number of unbranched alkanes of at least 4 members (excludes halogenated alkanes) is 1. The lowest BCUT2D eigenvalue weighted by molar-refractivity contribution is -0.131. The number of carbonyl (C=O) groups excluding carboxylic acids is 3. The van der Waals surface area contributed by atoms with Crippen LogP contribution in [-0.4, -0.2) is 49.9 Å². The van der Waals surface area contributed by atoms with E-state index in [1.807, 2.05) is 53.3 Å². The Hall–Kier alpha value is -4.84. The van der Waals surface area contributed by atoms with Crippen molar-refractivity contribution in [2.75, 3.05) is 10.8 Å². The number of rotatable bonds is 14. The maximum Gasteiger partial charge on any atom is 0.330 e. The maximum atomic E-state index is 13.4. The normalized spacial score (nSPS) is 14.9. The van der Waals surface area contributed by atoms with Gasteiger partial charge in [-0.2, -0.15) is 8.42 Å². The van der Waals surface area contributed by atoms with Gasteiger partial charge in [-0.15, -0.1) is 0 Å². The van der Waals surface area contributed by atoms with Crippen LogP contribution in [0.4, 0.5) is 5.69 Å². The first-order valence-corrected chi connectivity index (χ1v) is 15.8. The Kier molecular flexibility index (Phi) is 11.0. The van der Waals surface area contributed by atoms with Crippen LogP contribution in [0.1, 0.15) is 36.5 Å². The van der Waals surface area contributed by atoms with Gasteiger partial charge in [-0.3, -0.25) is 14.4 Å². The topological polar surface area (TPSA) is 157 Å². The summed E-state index contributed by atoms with van der Waals surface area (Å²) in [6.07, 6.45) is 3.92. The molecular weight excluding hydrogens is 582 g/mol. The monoisotopic (exact) mass is 619 g/mol. The second-order valence-electron chi connectivity index (χ2n) is 10.5. The van der Waals surface area contributed by atoms with Crippen LogP contribution in [0.3, 0.4) is 0 Å². The summed E-state index contributed by atoms with van der Waals surface area (Å²) in [5.41, 5.74) is 3.01. The van der Waals surface area contributed by atoms with Crippen molar-refractivity contribution in [2.45, 2.75) is 51.1 Å². The molecule has 232 valence electrons. The van der Waals surface area contributed by atoms with Crippen molar-refractivity contribution in [3.8, 4) is 0 Å². The Morgan fingerprint density at radius 2 is 1.34 bits per heavy atom. The summed E-state index contributed by atoms with van der Waals surface area (Å²) in [4.78, 5) is 38.7. The van der Waals surface area contributed by atoms with Gasteiger partial charge in [-0.1, -0.05) is 72.8 Å². The van der Waals surface area contributed by atoms with Crippen LogP contribution in [0.5, 0.6) is 0 Å². The predicted molar refractivity (Wildman–Crippen MR) is 167 cm³/mol. The van der Waals surface area contributed by atoms with Crippen LogP contribution in [-0.2, 0) is 43.9 Å². The summed E-state index contributed by atoms with van der Waals surface area (Å²) in [6.45, 7) is 1.75. The molecule has 3 aromatic rings. The molecule has 1 aliphatic heterocycles. The number of aliphatic hydroxyl groups is 1. The van der Waals surface area contributed by atoms with E-state index < -0.39 is 34.1 Å². The van der Waals surface area contributed by atoms with E-state index in [-0.39, 0.29) is 30.3 Å². The Morgan fingerprint density at radius 1 is 0.773 bits per heavy atom. The van der Waals surface area contributed by atoms with Gasteiger partial charge in [0.1, 0.15) is 12.1 Å². The smallest absolute Gasteiger partial charge is 0.330 e. The van der Waals surface area contributed by atoms with Gasteiger partial charge in [0.25, 0.3) is 0 Å². The number of aryl methyl sites for hydroxylation is 1. The molecule has 44 heavy (non-hydrogen) atoms. The molecule has 0 spiro atoms. The largest absolute Gasteiger partial charge is 0.493 e. The quantitative estimate of drug-likeness (QED) is 0.175. The number of amides is 3. The van der Waals surface area contributed by atoms with Gasteiger partial charge in [0.15, 0.2) is 0 Å². The number of hydrogen-bond acceptors (Lipinski definition) is 6. The molecule has 0 saturated heterocycles. The third-order valence-electron chi connectivity index (χ3n) is 7.01. The van der Waals surface area contributed by atoms with Crippen LogP contribution in [0.2, 0.25) is 0 Å². The van der Waals surface area contributed by atoms with E-state index in [1.54, 1.807) is 24.3 Å². The van der Waals surface area contributed by atoms with Gasteiger partial charge in [-0.05, 0) is 48.1 Å². The van der Waals surface area contributed by atoms with Gasteiger partial charge >= 0.3 is 10.2 Å². The summed E-state index contributed by atoms with van der Waals surface area (Å²) in [5.74, 6) is -1.74. The van der Waals surface area contributed by atoms with Crippen LogP contribution in [0.15, 0.2) is 97.0 Å². The molecule has 3 aromatic carbocycles. The number of benzene rings is 3. The van der Waals surface area contributed by atoms with E-state index in [4.69, 9.17) is 0 Å². The summed E-state index contributed by atoms with van der Waals surface area (Å²) in [6, 6.07) is 23.8. The van der Waals surface area contributed by atoms with Gasteiger partial charge in [0.2, 0.25) is 23.6 Å². The molecule has 0 aromatic heterocycles. The number of anilines is 1. The minimum atomic E-state index is -3.95. The highest BCUT2D eigenvalue weighted by Gasteiger charge is 2.29. The lowest BCUT2D eigenvalue weighted by Gasteiger charge is -2.23. The van der Waals surface area contributed by atoms with Gasteiger partial charge < -0.3 is 21.1 Å². The van der Waals surface area contributed by atoms with Crippen LogP contribution >= 0.6 is 0 Å². The minimum Gasteiger partial charge on any atom is -0.493 e. The van der Waals surface area contributed by atoms with Crippen LogP contribution in [0.25, 0.3) is 0 Å². The van der Waals surface area contributed by atoms with Crippen molar-refractivity contribution in [3.05, 3.63) is 114 Å². The predicted octanol–water partition coefficient (Wildman–Crippen LogP) is 2.61. The molecule has 12 heteroatoms. The molecule has 5 N–H and O–H groups in total. The molecule has 0 radical (unpaired) electrons. The minimum absolute atomic E-state index is 0.117. The first-order valence-electron chi connectivity index (χ1n) is 14.4. The van der Waals surface area contributed by atoms with Gasteiger partial charge in [-0.25, -0.2) is 9.03 Å². The lowest BCUT2D eigenvalue weighted by atomic mass is 10.0.